The molecular weight excluding hydrogens is 392 g/mol. The van der Waals surface area contributed by atoms with Crippen LogP contribution in [0.15, 0.2) is 72.8 Å². The molecule has 0 aliphatic heterocycles. The number of carboxylic acid groups (broad SMARTS) is 4. The Hall–Kier alpha value is -4.46. The number of hydrogen-bond acceptors (Lipinski definition) is 4. The fraction of sp³-hybridized carbons (Fsp3) is 0. The first-order chi connectivity index (χ1) is 14.2. The minimum atomic E-state index is -1.06. The number of hydrogen-bond donors (Lipinski definition) is 4. The predicted octanol–water partition coefficient (Wildman–Crippen LogP) is 3.83. The van der Waals surface area contributed by atoms with Gasteiger partial charge in [-0.15, -0.1) is 0 Å². The van der Waals surface area contributed by atoms with Crippen LogP contribution in [0, 0.1) is 0 Å². The highest BCUT2D eigenvalue weighted by Crippen LogP contribution is 2.20. The van der Waals surface area contributed by atoms with Crippen molar-refractivity contribution in [2.75, 3.05) is 0 Å². The molecule has 3 aromatic carbocycles. The van der Waals surface area contributed by atoms with E-state index in [9.17, 15) is 19.2 Å². The van der Waals surface area contributed by atoms with E-state index in [0.29, 0.717) is 0 Å². The Balaban J connectivity index is 0.000000232. The standard InChI is InChI=1S/C14H10O4.C8H6O4/c15-13(16)11-5-1-9(2-6-11)10-3-7-12(8-4-10)14(17)18;9-7(10)5-1-2-6(4-3-5)8(11)12/h1-8H,(H,15,16)(H,17,18);1-4H,(H,9,10)(H,11,12). The van der Waals surface area contributed by atoms with Gasteiger partial charge in [0.2, 0.25) is 0 Å². The van der Waals surface area contributed by atoms with E-state index in [1.165, 1.54) is 48.5 Å². The van der Waals surface area contributed by atoms with E-state index in [1.807, 2.05) is 0 Å². The zero-order chi connectivity index (χ0) is 22.3. The van der Waals surface area contributed by atoms with Crippen LogP contribution in [-0.2, 0) is 0 Å². The van der Waals surface area contributed by atoms with Gasteiger partial charge in [0.1, 0.15) is 0 Å². The molecule has 0 aliphatic carbocycles. The maximum atomic E-state index is 10.7. The maximum Gasteiger partial charge on any atom is 0.335 e. The number of carbonyl (C=O) groups is 4. The summed E-state index contributed by atoms with van der Waals surface area (Å²) in [4.78, 5) is 42.1. The quantitative estimate of drug-likeness (QED) is 0.497. The highest BCUT2D eigenvalue weighted by molar-refractivity contribution is 5.91. The van der Waals surface area contributed by atoms with Crippen molar-refractivity contribution >= 4 is 23.9 Å². The van der Waals surface area contributed by atoms with E-state index in [2.05, 4.69) is 0 Å². The Labute approximate surface area is 170 Å². The van der Waals surface area contributed by atoms with Crippen LogP contribution in [0.4, 0.5) is 0 Å². The average Bonchev–Trinajstić information content (AvgIpc) is 2.74. The van der Waals surface area contributed by atoms with Gasteiger partial charge in [0, 0.05) is 0 Å². The molecule has 0 bridgehead atoms. The van der Waals surface area contributed by atoms with Crippen LogP contribution in [-0.4, -0.2) is 44.3 Å². The summed E-state index contributed by atoms with van der Waals surface area (Å²) < 4.78 is 0. The van der Waals surface area contributed by atoms with Gasteiger partial charge in [-0.1, -0.05) is 24.3 Å². The second-order valence-electron chi connectivity index (χ2n) is 5.95. The van der Waals surface area contributed by atoms with E-state index in [0.717, 1.165) is 11.1 Å². The fourth-order valence-electron chi connectivity index (χ4n) is 2.37. The summed E-state index contributed by atoms with van der Waals surface area (Å²) in [7, 11) is 0. The Kier molecular flexibility index (Phi) is 7.02. The number of carboxylic acids is 4. The normalized spacial score (nSPS) is 9.73. The smallest absolute Gasteiger partial charge is 0.335 e. The molecule has 3 rings (SSSR count). The molecule has 0 radical (unpaired) electrons. The third kappa shape index (κ3) is 5.77. The zero-order valence-electron chi connectivity index (χ0n) is 15.4. The van der Waals surface area contributed by atoms with Crippen molar-refractivity contribution in [2.24, 2.45) is 0 Å². The molecule has 0 amide bonds. The third-order valence-corrected chi connectivity index (χ3v) is 3.98. The summed E-state index contributed by atoms with van der Waals surface area (Å²) >= 11 is 0. The lowest BCUT2D eigenvalue weighted by atomic mass is 10.0. The van der Waals surface area contributed by atoms with Crippen molar-refractivity contribution in [3.05, 3.63) is 95.1 Å². The zero-order valence-corrected chi connectivity index (χ0v) is 15.4. The molecule has 4 N–H and O–H groups in total. The highest BCUT2D eigenvalue weighted by atomic mass is 16.4. The monoisotopic (exact) mass is 408 g/mol. The molecule has 0 atom stereocenters. The van der Waals surface area contributed by atoms with E-state index < -0.39 is 23.9 Å². The molecule has 8 nitrogen and oxygen atoms in total. The molecule has 3 aromatic rings. The lowest BCUT2D eigenvalue weighted by Crippen LogP contribution is -1.99. The van der Waals surface area contributed by atoms with Crippen LogP contribution < -0.4 is 0 Å². The minimum absolute atomic E-state index is 0.0833. The molecule has 8 heteroatoms. The first kappa shape index (κ1) is 21.8. The van der Waals surface area contributed by atoms with E-state index in [1.54, 1.807) is 24.3 Å². The van der Waals surface area contributed by atoms with Gasteiger partial charge in [0.25, 0.3) is 0 Å². The third-order valence-electron chi connectivity index (χ3n) is 3.98. The van der Waals surface area contributed by atoms with Gasteiger partial charge >= 0.3 is 23.9 Å². The summed E-state index contributed by atoms with van der Waals surface area (Å²) in [6.07, 6.45) is 0. The van der Waals surface area contributed by atoms with E-state index in [4.69, 9.17) is 20.4 Å². The number of aromatic carboxylic acids is 4. The van der Waals surface area contributed by atoms with Crippen LogP contribution in [0.2, 0.25) is 0 Å². The van der Waals surface area contributed by atoms with Crippen molar-refractivity contribution in [3.63, 3.8) is 0 Å². The van der Waals surface area contributed by atoms with Crippen molar-refractivity contribution in [2.45, 2.75) is 0 Å². The second-order valence-corrected chi connectivity index (χ2v) is 5.95. The molecule has 0 unspecified atom stereocenters. The van der Waals surface area contributed by atoms with Crippen molar-refractivity contribution < 1.29 is 39.6 Å². The van der Waals surface area contributed by atoms with Crippen LogP contribution in [0.3, 0.4) is 0 Å². The molecule has 0 aliphatic rings. The molecule has 0 spiro atoms. The van der Waals surface area contributed by atoms with Gasteiger partial charge in [-0.05, 0) is 59.7 Å². The van der Waals surface area contributed by atoms with Crippen LogP contribution in [0.1, 0.15) is 41.4 Å². The van der Waals surface area contributed by atoms with Gasteiger partial charge in [-0.25, -0.2) is 19.2 Å². The SMILES string of the molecule is O=C(O)c1ccc(-c2ccc(C(=O)O)cc2)cc1.O=C(O)c1ccc(C(=O)O)cc1. The van der Waals surface area contributed by atoms with Crippen LogP contribution in [0.5, 0.6) is 0 Å². The van der Waals surface area contributed by atoms with Crippen LogP contribution in [0.25, 0.3) is 11.1 Å². The summed E-state index contributed by atoms with van der Waals surface area (Å²) in [5, 5.41) is 34.5. The number of benzene rings is 3. The van der Waals surface area contributed by atoms with E-state index in [-0.39, 0.29) is 22.3 Å². The average molecular weight is 408 g/mol. The van der Waals surface area contributed by atoms with Gasteiger partial charge in [0.15, 0.2) is 0 Å². The first-order valence-corrected chi connectivity index (χ1v) is 8.43. The van der Waals surface area contributed by atoms with Gasteiger partial charge in [0.05, 0.1) is 22.3 Å². The fourth-order valence-corrected chi connectivity index (χ4v) is 2.37. The Morgan fingerprint density at radius 2 is 0.533 bits per heavy atom. The lowest BCUT2D eigenvalue weighted by molar-refractivity contribution is 0.0681. The lowest BCUT2D eigenvalue weighted by Gasteiger charge is -2.03. The molecule has 0 saturated heterocycles. The summed E-state index contributed by atoms with van der Waals surface area (Å²) in [6, 6.07) is 17.9. The maximum absolute atomic E-state index is 10.7. The van der Waals surface area contributed by atoms with Crippen molar-refractivity contribution in [1.29, 1.82) is 0 Å². The Bertz CT molecular complexity index is 977. The van der Waals surface area contributed by atoms with Gasteiger partial charge < -0.3 is 20.4 Å². The second kappa shape index (κ2) is 9.65. The van der Waals surface area contributed by atoms with Gasteiger partial charge in [-0.2, -0.15) is 0 Å². The molecule has 30 heavy (non-hydrogen) atoms. The topological polar surface area (TPSA) is 149 Å². The molecule has 0 saturated carbocycles. The summed E-state index contributed by atoms with van der Waals surface area (Å²) in [5.74, 6) is -4.07. The van der Waals surface area contributed by atoms with Crippen molar-refractivity contribution in [1.82, 2.24) is 0 Å². The van der Waals surface area contributed by atoms with Crippen LogP contribution >= 0.6 is 0 Å². The molecule has 0 heterocycles. The van der Waals surface area contributed by atoms with E-state index >= 15 is 0 Å². The predicted molar refractivity (Wildman–Crippen MR) is 106 cm³/mol. The number of rotatable bonds is 5. The Morgan fingerprint density at radius 3 is 0.700 bits per heavy atom. The Morgan fingerprint density at radius 1 is 0.367 bits per heavy atom. The minimum Gasteiger partial charge on any atom is -0.478 e. The summed E-state index contributed by atoms with van der Waals surface area (Å²) in [6.45, 7) is 0. The molecule has 152 valence electrons. The van der Waals surface area contributed by atoms with Gasteiger partial charge in [-0.3, -0.25) is 0 Å². The largest absolute Gasteiger partial charge is 0.478 e. The van der Waals surface area contributed by atoms with Crippen molar-refractivity contribution in [3.8, 4) is 11.1 Å². The molecule has 0 fully saturated rings. The molecule has 0 aromatic heterocycles. The summed E-state index contributed by atoms with van der Waals surface area (Å²) in [5.41, 5.74) is 2.30. The molecular formula is C22H16O8. The highest BCUT2D eigenvalue weighted by Gasteiger charge is 2.06. The first-order valence-electron chi connectivity index (χ1n) is 8.43.